The van der Waals surface area contributed by atoms with E-state index < -0.39 is 5.97 Å². The zero-order valence-corrected chi connectivity index (χ0v) is 7.44. The van der Waals surface area contributed by atoms with Crippen LogP contribution in [0.2, 0.25) is 0 Å². The minimum atomic E-state index is -0.749. The molecule has 0 spiro atoms. The van der Waals surface area contributed by atoms with Gasteiger partial charge in [-0.25, -0.2) is 0 Å². The van der Waals surface area contributed by atoms with Crippen LogP contribution in [0.15, 0.2) is 0 Å². The maximum Gasteiger partial charge on any atom is 0.309 e. The SMILES string of the molecule is O=C(O)C1CC1OC1CCCCO1. The van der Waals surface area contributed by atoms with Crippen LogP contribution in [-0.4, -0.2) is 30.1 Å². The van der Waals surface area contributed by atoms with E-state index in [4.69, 9.17) is 14.6 Å². The molecule has 1 aliphatic heterocycles. The third kappa shape index (κ3) is 2.19. The Hall–Kier alpha value is -0.610. The van der Waals surface area contributed by atoms with Crippen molar-refractivity contribution in [1.29, 1.82) is 0 Å². The predicted octanol–water partition coefficient (Wildman–Crippen LogP) is 1.00. The van der Waals surface area contributed by atoms with Crippen LogP contribution in [-0.2, 0) is 14.3 Å². The molecule has 0 aromatic rings. The Morgan fingerprint density at radius 1 is 1.46 bits per heavy atom. The van der Waals surface area contributed by atoms with Crippen molar-refractivity contribution >= 4 is 5.97 Å². The Morgan fingerprint density at radius 3 is 2.85 bits per heavy atom. The summed E-state index contributed by atoms with van der Waals surface area (Å²) in [6.45, 7) is 0.745. The minimum absolute atomic E-state index is 0.0967. The number of carboxylic acid groups (broad SMARTS) is 1. The Labute approximate surface area is 76.8 Å². The van der Waals surface area contributed by atoms with Gasteiger partial charge in [-0.05, 0) is 25.7 Å². The number of hydrogen-bond acceptors (Lipinski definition) is 3. The molecular weight excluding hydrogens is 172 g/mol. The largest absolute Gasteiger partial charge is 0.481 e. The molecule has 1 saturated carbocycles. The first-order valence-corrected chi connectivity index (χ1v) is 4.77. The van der Waals surface area contributed by atoms with Crippen molar-refractivity contribution in [3.8, 4) is 0 Å². The van der Waals surface area contributed by atoms with Crippen LogP contribution in [0.25, 0.3) is 0 Å². The van der Waals surface area contributed by atoms with Gasteiger partial charge >= 0.3 is 5.97 Å². The van der Waals surface area contributed by atoms with Gasteiger partial charge in [-0.15, -0.1) is 0 Å². The summed E-state index contributed by atoms with van der Waals surface area (Å²) in [5.41, 5.74) is 0. The van der Waals surface area contributed by atoms with Gasteiger partial charge in [-0.3, -0.25) is 4.79 Å². The molecule has 4 heteroatoms. The molecule has 1 aliphatic carbocycles. The van der Waals surface area contributed by atoms with Gasteiger partial charge in [-0.2, -0.15) is 0 Å². The van der Waals surface area contributed by atoms with Crippen molar-refractivity contribution in [2.45, 2.75) is 38.1 Å². The number of aliphatic carboxylic acids is 1. The van der Waals surface area contributed by atoms with E-state index in [0.717, 1.165) is 25.9 Å². The molecule has 3 atom stereocenters. The molecule has 1 saturated heterocycles. The summed E-state index contributed by atoms with van der Waals surface area (Å²) in [6.07, 6.45) is 3.52. The lowest BCUT2D eigenvalue weighted by Gasteiger charge is -2.22. The lowest BCUT2D eigenvalue weighted by atomic mass is 10.2. The summed E-state index contributed by atoms with van der Waals surface area (Å²) in [4.78, 5) is 10.5. The van der Waals surface area contributed by atoms with Gasteiger partial charge in [0.2, 0.25) is 0 Å². The van der Waals surface area contributed by atoms with Gasteiger partial charge in [0.25, 0.3) is 0 Å². The normalized spacial score (nSPS) is 38.6. The number of carboxylic acids is 1. The maximum atomic E-state index is 10.5. The highest BCUT2D eigenvalue weighted by molar-refractivity contribution is 5.74. The zero-order valence-electron chi connectivity index (χ0n) is 7.44. The van der Waals surface area contributed by atoms with Crippen molar-refractivity contribution in [2.24, 2.45) is 5.92 Å². The standard InChI is InChI=1S/C9H14O4/c10-9(11)6-5-7(6)13-8-3-1-2-4-12-8/h6-8H,1-5H2,(H,10,11). The average molecular weight is 186 g/mol. The van der Waals surface area contributed by atoms with Crippen LogP contribution in [0.1, 0.15) is 25.7 Å². The molecule has 0 aromatic heterocycles. The molecule has 1 N–H and O–H groups in total. The van der Waals surface area contributed by atoms with Crippen molar-refractivity contribution in [2.75, 3.05) is 6.61 Å². The van der Waals surface area contributed by atoms with Crippen LogP contribution >= 0.6 is 0 Å². The fourth-order valence-electron chi connectivity index (χ4n) is 1.60. The number of ether oxygens (including phenoxy) is 2. The summed E-state index contributed by atoms with van der Waals surface area (Å²) in [7, 11) is 0. The zero-order chi connectivity index (χ0) is 9.26. The van der Waals surface area contributed by atoms with E-state index in [0.29, 0.717) is 6.42 Å². The Morgan fingerprint density at radius 2 is 2.31 bits per heavy atom. The summed E-state index contributed by atoms with van der Waals surface area (Å²) >= 11 is 0. The third-order valence-electron chi connectivity index (χ3n) is 2.51. The second-order valence-electron chi connectivity index (χ2n) is 3.65. The van der Waals surface area contributed by atoms with E-state index in [1.165, 1.54) is 0 Å². The highest BCUT2D eigenvalue weighted by Crippen LogP contribution is 2.36. The lowest BCUT2D eigenvalue weighted by Crippen LogP contribution is -2.24. The second kappa shape index (κ2) is 3.64. The first-order valence-electron chi connectivity index (χ1n) is 4.77. The highest BCUT2D eigenvalue weighted by atomic mass is 16.7. The van der Waals surface area contributed by atoms with Crippen molar-refractivity contribution in [3.05, 3.63) is 0 Å². The fraction of sp³-hybridized carbons (Fsp3) is 0.889. The first-order chi connectivity index (χ1) is 6.27. The molecule has 13 heavy (non-hydrogen) atoms. The van der Waals surface area contributed by atoms with Crippen LogP contribution in [0.3, 0.4) is 0 Å². The second-order valence-corrected chi connectivity index (χ2v) is 3.65. The first kappa shape index (κ1) is 8.97. The molecule has 74 valence electrons. The van der Waals surface area contributed by atoms with E-state index in [1.807, 2.05) is 0 Å². The summed E-state index contributed by atoms with van der Waals surface area (Å²) < 4.78 is 10.8. The Balaban J connectivity index is 1.70. The predicted molar refractivity (Wildman–Crippen MR) is 44.2 cm³/mol. The third-order valence-corrected chi connectivity index (χ3v) is 2.51. The maximum absolute atomic E-state index is 10.5. The molecule has 0 aromatic carbocycles. The summed E-state index contributed by atoms with van der Waals surface area (Å²) in [5.74, 6) is -1.04. The number of rotatable bonds is 3. The monoisotopic (exact) mass is 186 g/mol. The van der Waals surface area contributed by atoms with Gasteiger partial charge in [0.1, 0.15) is 0 Å². The fourth-order valence-corrected chi connectivity index (χ4v) is 1.60. The topological polar surface area (TPSA) is 55.8 Å². The Kier molecular flexibility index (Phi) is 2.51. The summed E-state index contributed by atoms with van der Waals surface area (Å²) in [5, 5.41) is 8.63. The Bertz CT molecular complexity index is 198. The quantitative estimate of drug-likeness (QED) is 0.714. The lowest BCUT2D eigenvalue weighted by molar-refractivity contribution is -0.173. The molecule has 0 amide bonds. The van der Waals surface area contributed by atoms with Crippen LogP contribution in [0.4, 0.5) is 0 Å². The van der Waals surface area contributed by atoms with E-state index in [2.05, 4.69) is 0 Å². The van der Waals surface area contributed by atoms with Gasteiger partial charge in [0.15, 0.2) is 6.29 Å². The highest BCUT2D eigenvalue weighted by Gasteiger charge is 2.46. The van der Waals surface area contributed by atoms with Crippen molar-refractivity contribution in [1.82, 2.24) is 0 Å². The van der Waals surface area contributed by atoms with E-state index in [-0.39, 0.29) is 18.3 Å². The molecule has 0 bridgehead atoms. The minimum Gasteiger partial charge on any atom is -0.481 e. The smallest absolute Gasteiger partial charge is 0.309 e. The van der Waals surface area contributed by atoms with E-state index in [9.17, 15) is 4.79 Å². The van der Waals surface area contributed by atoms with Gasteiger partial charge in [-0.1, -0.05) is 0 Å². The van der Waals surface area contributed by atoms with Gasteiger partial charge in [0, 0.05) is 6.61 Å². The molecule has 1 heterocycles. The van der Waals surface area contributed by atoms with Crippen LogP contribution in [0, 0.1) is 5.92 Å². The van der Waals surface area contributed by atoms with Crippen molar-refractivity contribution in [3.63, 3.8) is 0 Å². The average Bonchev–Trinajstić information content (AvgIpc) is 2.86. The van der Waals surface area contributed by atoms with Gasteiger partial charge < -0.3 is 14.6 Å². The molecular formula is C9H14O4. The summed E-state index contributed by atoms with van der Waals surface area (Å²) in [6, 6.07) is 0. The van der Waals surface area contributed by atoms with E-state index >= 15 is 0 Å². The van der Waals surface area contributed by atoms with E-state index in [1.54, 1.807) is 0 Å². The molecule has 2 rings (SSSR count). The molecule has 2 fully saturated rings. The van der Waals surface area contributed by atoms with Gasteiger partial charge in [0.05, 0.1) is 12.0 Å². The number of hydrogen-bond donors (Lipinski definition) is 1. The van der Waals surface area contributed by atoms with Crippen LogP contribution in [0.5, 0.6) is 0 Å². The molecule has 3 unspecified atom stereocenters. The van der Waals surface area contributed by atoms with Crippen LogP contribution < -0.4 is 0 Å². The number of carbonyl (C=O) groups is 1. The molecule has 0 radical (unpaired) electrons. The molecule has 2 aliphatic rings. The van der Waals surface area contributed by atoms with Crippen molar-refractivity contribution < 1.29 is 19.4 Å². The molecule has 4 nitrogen and oxygen atoms in total.